The zero-order valence-electron chi connectivity index (χ0n) is 11.5. The molecule has 1 atom stereocenters. The van der Waals surface area contributed by atoms with E-state index in [1.165, 1.54) is 0 Å². The van der Waals surface area contributed by atoms with Crippen molar-refractivity contribution in [2.24, 2.45) is 12.8 Å². The molecule has 3 rings (SSSR count). The summed E-state index contributed by atoms with van der Waals surface area (Å²) in [4.78, 5) is 8.33. The summed E-state index contributed by atoms with van der Waals surface area (Å²) in [6.07, 6.45) is 3.88. The number of phenolic OH excluding ortho intramolecular Hbond substituents is 1. The summed E-state index contributed by atoms with van der Waals surface area (Å²) < 4.78 is 7.03. The number of benzene rings is 1. The van der Waals surface area contributed by atoms with Crippen molar-refractivity contribution < 1.29 is 9.63 Å². The Labute approximate surface area is 121 Å². The van der Waals surface area contributed by atoms with Gasteiger partial charge in [0, 0.05) is 7.05 Å². The summed E-state index contributed by atoms with van der Waals surface area (Å²) in [5.74, 6) is 1.06. The van der Waals surface area contributed by atoms with Crippen LogP contribution in [0.1, 0.15) is 17.5 Å². The number of nitrogens with two attached hydrogens (primary N) is 1. The highest BCUT2D eigenvalue weighted by molar-refractivity contribution is 5.47. The molecular formula is C14H15N5O2. The quantitative estimate of drug-likeness (QED) is 0.751. The maximum absolute atomic E-state index is 9.26. The Balaban J connectivity index is 1.76. The maximum Gasteiger partial charge on any atom is 0.244 e. The van der Waals surface area contributed by atoms with E-state index in [-0.39, 0.29) is 5.75 Å². The maximum atomic E-state index is 9.26. The normalized spacial score (nSPS) is 12.5. The van der Waals surface area contributed by atoms with Crippen LogP contribution in [-0.4, -0.2) is 24.8 Å². The van der Waals surface area contributed by atoms with Crippen molar-refractivity contribution in [2.45, 2.75) is 12.5 Å². The molecular weight excluding hydrogens is 270 g/mol. The number of aromatic hydroxyl groups is 1. The Hall–Kier alpha value is -2.67. The first kappa shape index (κ1) is 13.3. The first-order valence-electron chi connectivity index (χ1n) is 6.47. The lowest BCUT2D eigenvalue weighted by molar-refractivity contribution is 0.354. The lowest BCUT2D eigenvalue weighted by Crippen LogP contribution is -2.13. The van der Waals surface area contributed by atoms with Gasteiger partial charge in [-0.05, 0) is 24.1 Å². The highest BCUT2D eigenvalue weighted by atomic mass is 16.5. The van der Waals surface area contributed by atoms with Gasteiger partial charge in [0.15, 0.2) is 0 Å². The van der Waals surface area contributed by atoms with E-state index in [4.69, 9.17) is 10.3 Å². The zero-order valence-corrected chi connectivity index (χ0v) is 11.5. The van der Waals surface area contributed by atoms with Crippen LogP contribution in [0.15, 0.2) is 41.3 Å². The highest BCUT2D eigenvalue weighted by Crippen LogP contribution is 2.20. The number of rotatable bonds is 4. The standard InChI is InChI=1S/C14H15N5O2/c1-19-8-16-7-12(19)13-17-14(21-18-13)11(15)6-9-2-4-10(20)5-3-9/h2-5,7-8,11,20H,6,15H2,1H3. The van der Waals surface area contributed by atoms with Crippen molar-refractivity contribution in [2.75, 3.05) is 0 Å². The average molecular weight is 285 g/mol. The third kappa shape index (κ3) is 2.77. The minimum absolute atomic E-state index is 0.226. The monoisotopic (exact) mass is 285 g/mol. The van der Waals surface area contributed by atoms with Gasteiger partial charge in [-0.25, -0.2) is 4.98 Å². The van der Waals surface area contributed by atoms with Crippen LogP contribution in [0.25, 0.3) is 11.5 Å². The molecule has 3 aromatic rings. The number of phenols is 1. The van der Waals surface area contributed by atoms with E-state index in [0.717, 1.165) is 11.3 Å². The van der Waals surface area contributed by atoms with E-state index in [0.29, 0.717) is 18.1 Å². The Kier molecular flexibility index (Phi) is 3.41. The molecule has 3 N–H and O–H groups in total. The Morgan fingerprint density at radius 1 is 1.33 bits per heavy atom. The van der Waals surface area contributed by atoms with E-state index in [1.54, 1.807) is 29.2 Å². The van der Waals surface area contributed by atoms with E-state index >= 15 is 0 Å². The molecule has 7 nitrogen and oxygen atoms in total. The summed E-state index contributed by atoms with van der Waals surface area (Å²) in [5, 5.41) is 13.2. The number of nitrogens with zero attached hydrogens (tertiary/aromatic N) is 4. The van der Waals surface area contributed by atoms with Crippen LogP contribution in [0.2, 0.25) is 0 Å². The Morgan fingerprint density at radius 2 is 2.10 bits per heavy atom. The van der Waals surface area contributed by atoms with Gasteiger partial charge in [-0.1, -0.05) is 17.3 Å². The van der Waals surface area contributed by atoms with Gasteiger partial charge < -0.3 is 19.9 Å². The molecule has 2 aromatic heterocycles. The molecule has 7 heteroatoms. The van der Waals surface area contributed by atoms with Crippen molar-refractivity contribution in [3.8, 4) is 17.3 Å². The van der Waals surface area contributed by atoms with Crippen molar-refractivity contribution in [3.05, 3.63) is 48.2 Å². The summed E-state index contributed by atoms with van der Waals surface area (Å²) in [6.45, 7) is 0. The fourth-order valence-electron chi connectivity index (χ4n) is 2.04. The van der Waals surface area contributed by atoms with Gasteiger partial charge in [-0.3, -0.25) is 0 Å². The second-order valence-corrected chi connectivity index (χ2v) is 4.82. The molecule has 0 radical (unpaired) electrons. The van der Waals surface area contributed by atoms with Gasteiger partial charge in [-0.15, -0.1) is 0 Å². The summed E-state index contributed by atoms with van der Waals surface area (Å²) in [5.41, 5.74) is 7.84. The predicted octanol–water partition coefficient (Wildman–Crippen LogP) is 1.42. The van der Waals surface area contributed by atoms with Crippen LogP contribution in [0.3, 0.4) is 0 Å². The van der Waals surface area contributed by atoms with Gasteiger partial charge in [-0.2, -0.15) is 4.98 Å². The average Bonchev–Trinajstić information content (AvgIpc) is 3.09. The predicted molar refractivity (Wildman–Crippen MR) is 75.2 cm³/mol. The minimum atomic E-state index is -0.399. The smallest absolute Gasteiger partial charge is 0.244 e. The number of hydrogen-bond acceptors (Lipinski definition) is 6. The summed E-state index contributed by atoms with van der Waals surface area (Å²) in [6, 6.07) is 6.47. The molecule has 0 aliphatic carbocycles. The topological polar surface area (TPSA) is 103 Å². The van der Waals surface area contributed by atoms with Crippen molar-refractivity contribution in [1.82, 2.24) is 19.7 Å². The van der Waals surface area contributed by atoms with Crippen molar-refractivity contribution in [3.63, 3.8) is 0 Å². The fraction of sp³-hybridized carbons (Fsp3) is 0.214. The van der Waals surface area contributed by atoms with Crippen LogP contribution in [-0.2, 0) is 13.5 Å². The molecule has 0 saturated carbocycles. The third-order valence-corrected chi connectivity index (χ3v) is 3.20. The second kappa shape index (κ2) is 5.37. The van der Waals surface area contributed by atoms with Crippen molar-refractivity contribution in [1.29, 1.82) is 0 Å². The SMILES string of the molecule is Cn1cncc1-c1noc(C(N)Cc2ccc(O)cc2)n1. The Bertz CT molecular complexity index is 732. The Morgan fingerprint density at radius 3 is 2.76 bits per heavy atom. The molecule has 21 heavy (non-hydrogen) atoms. The first-order valence-corrected chi connectivity index (χ1v) is 6.47. The van der Waals surface area contributed by atoms with Crippen molar-refractivity contribution >= 4 is 0 Å². The van der Waals surface area contributed by atoms with E-state index in [2.05, 4.69) is 15.1 Å². The highest BCUT2D eigenvalue weighted by Gasteiger charge is 2.17. The largest absolute Gasteiger partial charge is 0.508 e. The number of imidazole rings is 1. The molecule has 0 aliphatic heterocycles. The van der Waals surface area contributed by atoms with Gasteiger partial charge >= 0.3 is 0 Å². The van der Waals surface area contributed by atoms with Gasteiger partial charge in [0.05, 0.1) is 18.6 Å². The number of aryl methyl sites for hydroxylation is 1. The summed E-state index contributed by atoms with van der Waals surface area (Å²) in [7, 11) is 1.86. The van der Waals surface area contributed by atoms with Gasteiger partial charge in [0.1, 0.15) is 11.4 Å². The van der Waals surface area contributed by atoms with Crippen LogP contribution in [0.5, 0.6) is 5.75 Å². The third-order valence-electron chi connectivity index (χ3n) is 3.20. The van der Waals surface area contributed by atoms with Crippen LogP contribution < -0.4 is 5.73 Å². The molecule has 0 spiro atoms. The summed E-state index contributed by atoms with van der Waals surface area (Å²) >= 11 is 0. The number of hydrogen-bond donors (Lipinski definition) is 2. The molecule has 2 heterocycles. The molecule has 0 saturated heterocycles. The molecule has 0 bridgehead atoms. The molecule has 0 fully saturated rings. The first-order chi connectivity index (χ1) is 10.1. The molecule has 0 aliphatic rings. The molecule has 0 amide bonds. The van der Waals surface area contributed by atoms with Gasteiger partial charge in [0.25, 0.3) is 0 Å². The van der Waals surface area contributed by atoms with Gasteiger partial charge in [0.2, 0.25) is 11.7 Å². The minimum Gasteiger partial charge on any atom is -0.508 e. The zero-order chi connectivity index (χ0) is 14.8. The van der Waals surface area contributed by atoms with Crippen LogP contribution >= 0.6 is 0 Å². The van der Waals surface area contributed by atoms with E-state index < -0.39 is 6.04 Å². The van der Waals surface area contributed by atoms with Crippen LogP contribution in [0, 0.1) is 0 Å². The molecule has 1 aromatic carbocycles. The molecule has 108 valence electrons. The number of aromatic nitrogens is 4. The van der Waals surface area contributed by atoms with Crippen LogP contribution in [0.4, 0.5) is 0 Å². The molecule has 1 unspecified atom stereocenters. The lowest BCUT2D eigenvalue weighted by atomic mass is 10.1. The second-order valence-electron chi connectivity index (χ2n) is 4.82. The lowest BCUT2D eigenvalue weighted by Gasteiger charge is -2.06. The van der Waals surface area contributed by atoms with E-state index in [9.17, 15) is 5.11 Å². The fourth-order valence-corrected chi connectivity index (χ4v) is 2.04. The van der Waals surface area contributed by atoms with E-state index in [1.807, 2.05) is 19.2 Å².